The zero-order chi connectivity index (χ0) is 13.3. The number of nitrogens with zero attached hydrogens (tertiary/aromatic N) is 2. The number of para-hydroxylation sites is 1. The standard InChI is InChI=1S/C14H15N3O2/c18-10-14(6-7-14)16-13(19)11-8-15-17(9-11)12-4-2-1-3-5-12/h1-5,8-9,18H,6-7,10H2,(H,16,19). The SMILES string of the molecule is O=C(NC1(CO)CC1)c1cnn(-c2ccccc2)c1. The Bertz CT molecular complexity index is 588. The maximum absolute atomic E-state index is 12.0. The fourth-order valence-corrected chi connectivity index (χ4v) is 1.95. The van der Waals surface area contributed by atoms with Gasteiger partial charge in [0.25, 0.3) is 5.91 Å². The van der Waals surface area contributed by atoms with Crippen LogP contribution in [0.5, 0.6) is 0 Å². The number of aromatic nitrogens is 2. The van der Waals surface area contributed by atoms with Gasteiger partial charge in [0.1, 0.15) is 0 Å². The summed E-state index contributed by atoms with van der Waals surface area (Å²) in [5.41, 5.74) is 1.01. The first kappa shape index (κ1) is 11.9. The summed E-state index contributed by atoms with van der Waals surface area (Å²) in [5, 5.41) is 16.2. The average molecular weight is 257 g/mol. The Kier molecular flexibility index (Phi) is 2.83. The van der Waals surface area contributed by atoms with E-state index < -0.39 is 5.54 Å². The summed E-state index contributed by atoms with van der Waals surface area (Å²) >= 11 is 0. The number of aliphatic hydroxyl groups excluding tert-OH is 1. The number of benzene rings is 1. The molecule has 98 valence electrons. The molecule has 1 aliphatic carbocycles. The minimum Gasteiger partial charge on any atom is -0.394 e. The van der Waals surface area contributed by atoms with Crippen molar-refractivity contribution in [3.05, 3.63) is 48.3 Å². The molecule has 1 heterocycles. The summed E-state index contributed by atoms with van der Waals surface area (Å²) in [6.07, 6.45) is 4.90. The Morgan fingerprint density at radius 3 is 2.74 bits per heavy atom. The Morgan fingerprint density at radius 2 is 2.11 bits per heavy atom. The second-order valence-corrected chi connectivity index (χ2v) is 4.90. The molecule has 3 rings (SSSR count). The van der Waals surface area contributed by atoms with Gasteiger partial charge < -0.3 is 10.4 Å². The van der Waals surface area contributed by atoms with Crippen LogP contribution in [-0.4, -0.2) is 32.9 Å². The van der Waals surface area contributed by atoms with Crippen LogP contribution in [0.2, 0.25) is 0 Å². The summed E-state index contributed by atoms with van der Waals surface area (Å²) in [5.74, 6) is -0.186. The second-order valence-electron chi connectivity index (χ2n) is 4.90. The highest BCUT2D eigenvalue weighted by Crippen LogP contribution is 2.34. The van der Waals surface area contributed by atoms with Crippen LogP contribution >= 0.6 is 0 Å². The number of hydrogen-bond acceptors (Lipinski definition) is 3. The third-order valence-corrected chi connectivity index (χ3v) is 3.40. The topological polar surface area (TPSA) is 67.2 Å². The summed E-state index contributed by atoms with van der Waals surface area (Å²) in [7, 11) is 0. The molecule has 1 aliphatic rings. The number of hydrogen-bond donors (Lipinski definition) is 2. The Balaban J connectivity index is 1.76. The second kappa shape index (κ2) is 4.51. The lowest BCUT2D eigenvalue weighted by molar-refractivity contribution is 0.0907. The van der Waals surface area contributed by atoms with E-state index >= 15 is 0 Å². The van der Waals surface area contributed by atoms with E-state index in [1.165, 1.54) is 6.20 Å². The average Bonchev–Trinajstić information content (AvgIpc) is 3.04. The summed E-state index contributed by atoms with van der Waals surface area (Å²) in [6.45, 7) is -0.00837. The quantitative estimate of drug-likeness (QED) is 0.862. The minimum atomic E-state index is -0.397. The molecule has 0 unspecified atom stereocenters. The number of nitrogens with one attached hydrogen (secondary N) is 1. The number of carbonyl (C=O) groups is 1. The van der Waals surface area contributed by atoms with Crippen LogP contribution < -0.4 is 5.32 Å². The highest BCUT2D eigenvalue weighted by atomic mass is 16.3. The van der Waals surface area contributed by atoms with Gasteiger partial charge in [0, 0.05) is 6.20 Å². The minimum absolute atomic E-state index is 0.00837. The van der Waals surface area contributed by atoms with E-state index in [2.05, 4.69) is 10.4 Å². The molecular formula is C14H15N3O2. The van der Waals surface area contributed by atoms with Crippen LogP contribution in [0.4, 0.5) is 0 Å². The summed E-state index contributed by atoms with van der Waals surface area (Å²) < 4.78 is 1.66. The molecule has 0 radical (unpaired) electrons. The van der Waals surface area contributed by atoms with Crippen molar-refractivity contribution < 1.29 is 9.90 Å². The third-order valence-electron chi connectivity index (χ3n) is 3.40. The number of amides is 1. The molecule has 1 amide bonds. The Labute approximate surface area is 110 Å². The van der Waals surface area contributed by atoms with Crippen molar-refractivity contribution in [2.24, 2.45) is 0 Å². The molecule has 1 aromatic heterocycles. The van der Waals surface area contributed by atoms with Crippen LogP contribution in [0.15, 0.2) is 42.7 Å². The molecule has 5 nitrogen and oxygen atoms in total. The van der Waals surface area contributed by atoms with E-state index in [0.29, 0.717) is 5.56 Å². The molecule has 1 fully saturated rings. The van der Waals surface area contributed by atoms with Crippen molar-refractivity contribution >= 4 is 5.91 Å². The fourth-order valence-electron chi connectivity index (χ4n) is 1.95. The predicted molar refractivity (Wildman–Crippen MR) is 70.1 cm³/mol. The Hall–Kier alpha value is -2.14. The summed E-state index contributed by atoms with van der Waals surface area (Å²) in [6, 6.07) is 9.61. The molecular weight excluding hydrogens is 242 g/mol. The third kappa shape index (κ3) is 2.37. The van der Waals surface area contributed by atoms with Gasteiger partial charge in [0.15, 0.2) is 0 Å². The van der Waals surface area contributed by atoms with E-state index in [0.717, 1.165) is 18.5 Å². The molecule has 19 heavy (non-hydrogen) atoms. The highest BCUT2D eigenvalue weighted by molar-refractivity contribution is 5.94. The van der Waals surface area contributed by atoms with Crippen LogP contribution in [0, 0.1) is 0 Å². The van der Waals surface area contributed by atoms with E-state index in [9.17, 15) is 9.90 Å². The van der Waals surface area contributed by atoms with Gasteiger partial charge in [0.05, 0.1) is 29.6 Å². The molecule has 5 heteroatoms. The van der Waals surface area contributed by atoms with E-state index in [-0.39, 0.29) is 12.5 Å². The normalized spacial score (nSPS) is 16.1. The number of carbonyl (C=O) groups excluding carboxylic acids is 1. The number of rotatable bonds is 4. The molecule has 2 aromatic rings. The van der Waals surface area contributed by atoms with E-state index in [1.54, 1.807) is 10.9 Å². The molecule has 1 aromatic carbocycles. The number of aliphatic hydroxyl groups is 1. The zero-order valence-corrected chi connectivity index (χ0v) is 10.4. The van der Waals surface area contributed by atoms with Crippen molar-refractivity contribution in [1.82, 2.24) is 15.1 Å². The Morgan fingerprint density at radius 1 is 1.37 bits per heavy atom. The fraction of sp³-hybridized carbons (Fsp3) is 0.286. The molecule has 0 saturated heterocycles. The van der Waals surface area contributed by atoms with Crippen LogP contribution in [-0.2, 0) is 0 Å². The van der Waals surface area contributed by atoms with Crippen molar-refractivity contribution in [3.8, 4) is 5.69 Å². The molecule has 0 bridgehead atoms. The van der Waals surface area contributed by atoms with Gasteiger partial charge in [-0.05, 0) is 25.0 Å². The molecule has 0 atom stereocenters. The lowest BCUT2D eigenvalue weighted by Gasteiger charge is -2.12. The first-order chi connectivity index (χ1) is 9.22. The smallest absolute Gasteiger partial charge is 0.254 e. The van der Waals surface area contributed by atoms with Gasteiger partial charge in [-0.15, -0.1) is 0 Å². The molecule has 0 spiro atoms. The monoisotopic (exact) mass is 257 g/mol. The van der Waals surface area contributed by atoms with Gasteiger partial charge in [-0.2, -0.15) is 5.10 Å². The van der Waals surface area contributed by atoms with Crippen LogP contribution in [0.1, 0.15) is 23.2 Å². The predicted octanol–water partition coefficient (Wildman–Crippen LogP) is 1.13. The van der Waals surface area contributed by atoms with E-state index in [1.807, 2.05) is 30.3 Å². The van der Waals surface area contributed by atoms with Crippen LogP contribution in [0.25, 0.3) is 5.69 Å². The maximum atomic E-state index is 12.0. The van der Waals surface area contributed by atoms with Gasteiger partial charge >= 0.3 is 0 Å². The van der Waals surface area contributed by atoms with E-state index in [4.69, 9.17) is 0 Å². The highest BCUT2D eigenvalue weighted by Gasteiger charge is 2.43. The van der Waals surface area contributed by atoms with Crippen molar-refractivity contribution in [1.29, 1.82) is 0 Å². The van der Waals surface area contributed by atoms with Gasteiger partial charge in [-0.1, -0.05) is 18.2 Å². The largest absolute Gasteiger partial charge is 0.394 e. The first-order valence-corrected chi connectivity index (χ1v) is 6.26. The van der Waals surface area contributed by atoms with Crippen molar-refractivity contribution in [2.45, 2.75) is 18.4 Å². The van der Waals surface area contributed by atoms with Crippen LogP contribution in [0.3, 0.4) is 0 Å². The van der Waals surface area contributed by atoms with Crippen molar-refractivity contribution in [3.63, 3.8) is 0 Å². The first-order valence-electron chi connectivity index (χ1n) is 6.26. The van der Waals surface area contributed by atoms with Gasteiger partial charge in [-0.25, -0.2) is 4.68 Å². The lowest BCUT2D eigenvalue weighted by Crippen LogP contribution is -2.39. The van der Waals surface area contributed by atoms with Gasteiger partial charge in [-0.3, -0.25) is 4.79 Å². The lowest BCUT2D eigenvalue weighted by atomic mass is 10.2. The van der Waals surface area contributed by atoms with Crippen molar-refractivity contribution in [2.75, 3.05) is 6.61 Å². The maximum Gasteiger partial charge on any atom is 0.254 e. The zero-order valence-electron chi connectivity index (χ0n) is 10.4. The summed E-state index contributed by atoms with van der Waals surface area (Å²) in [4.78, 5) is 12.0. The molecule has 2 N–H and O–H groups in total. The van der Waals surface area contributed by atoms with Gasteiger partial charge in [0.2, 0.25) is 0 Å². The molecule has 1 saturated carbocycles. The molecule has 0 aliphatic heterocycles.